The number of anilines is 1. The minimum Gasteiger partial charge on any atom is -0.412 e. The maximum atomic E-state index is 6.29. The van der Waals surface area contributed by atoms with Gasteiger partial charge in [-0.25, -0.2) is 9.98 Å². The second-order valence-electron chi connectivity index (χ2n) is 9.78. The van der Waals surface area contributed by atoms with Gasteiger partial charge in [0.25, 0.3) is 0 Å². The molecule has 2 aliphatic heterocycles. The third kappa shape index (κ3) is 14.6. The molecule has 0 amide bonds. The molecule has 0 bridgehead atoms. The second kappa shape index (κ2) is 24.9. The predicted molar refractivity (Wildman–Crippen MR) is 203 cm³/mol. The Morgan fingerprint density at radius 2 is 1.78 bits per heavy atom. The number of nitrogens with one attached hydrogen (secondary N) is 1. The van der Waals surface area contributed by atoms with E-state index in [0.717, 1.165) is 59.1 Å². The summed E-state index contributed by atoms with van der Waals surface area (Å²) in [5.74, 6) is 0.906. The number of benzene rings is 1. The zero-order chi connectivity index (χ0) is 32.9. The highest BCUT2D eigenvalue weighted by atomic mass is 16.5. The van der Waals surface area contributed by atoms with Gasteiger partial charge >= 0.3 is 0 Å². The van der Waals surface area contributed by atoms with Gasteiger partial charge in [-0.15, -0.1) is 0 Å². The number of nitrogens with zero attached hydrogens (tertiary/aromatic N) is 5. The van der Waals surface area contributed by atoms with E-state index in [4.69, 9.17) is 20.5 Å². The highest BCUT2D eigenvalue weighted by Gasteiger charge is 2.26. The summed E-state index contributed by atoms with van der Waals surface area (Å²) in [7, 11) is 5.82. The zero-order valence-electron chi connectivity index (χ0n) is 28.9. The summed E-state index contributed by atoms with van der Waals surface area (Å²) in [5, 5.41) is 3.48. The molecule has 0 aromatic heterocycles. The Morgan fingerprint density at radius 1 is 1.13 bits per heavy atom. The number of rotatable bonds is 10. The van der Waals surface area contributed by atoms with E-state index >= 15 is 0 Å². The molecule has 3 rings (SSSR count). The van der Waals surface area contributed by atoms with Gasteiger partial charge in [0, 0.05) is 50.4 Å². The van der Waals surface area contributed by atoms with E-state index in [9.17, 15) is 0 Å². The molecular weight excluding hydrogens is 578 g/mol. The van der Waals surface area contributed by atoms with Crippen molar-refractivity contribution in [1.29, 1.82) is 0 Å². The van der Waals surface area contributed by atoms with Crippen molar-refractivity contribution in [3.63, 3.8) is 0 Å². The largest absolute Gasteiger partial charge is 0.412 e. The fourth-order valence-electron chi connectivity index (χ4n) is 3.98. The number of allylic oxidation sites excluding steroid dienone is 9. The van der Waals surface area contributed by atoms with Crippen LogP contribution in [0.25, 0.3) is 5.57 Å². The van der Waals surface area contributed by atoms with Gasteiger partial charge in [0.05, 0.1) is 13.2 Å². The van der Waals surface area contributed by atoms with Crippen molar-refractivity contribution in [2.24, 2.45) is 20.7 Å². The molecule has 1 fully saturated rings. The van der Waals surface area contributed by atoms with Crippen LogP contribution in [0.5, 0.6) is 0 Å². The van der Waals surface area contributed by atoms with Crippen LogP contribution in [0.3, 0.4) is 0 Å². The zero-order valence-corrected chi connectivity index (χ0v) is 28.9. The quantitative estimate of drug-likeness (QED) is 0.270. The summed E-state index contributed by atoms with van der Waals surface area (Å²) in [6, 6.07) is 6.30. The van der Waals surface area contributed by atoms with Gasteiger partial charge in [0.1, 0.15) is 5.84 Å². The lowest BCUT2D eigenvalue weighted by atomic mass is 10.00. The lowest BCUT2D eigenvalue weighted by molar-refractivity contribution is 0.0680. The monoisotopic (exact) mass is 637 g/mol. The van der Waals surface area contributed by atoms with E-state index < -0.39 is 6.29 Å². The molecule has 7 N–H and O–H groups in total. The van der Waals surface area contributed by atoms with Gasteiger partial charge in [-0.3, -0.25) is 4.99 Å². The minimum atomic E-state index is -0.505. The summed E-state index contributed by atoms with van der Waals surface area (Å²) in [6.45, 7) is 23.6. The van der Waals surface area contributed by atoms with Crippen molar-refractivity contribution < 1.29 is 17.1 Å². The minimum absolute atomic E-state index is 0. The molecule has 1 aromatic rings. The van der Waals surface area contributed by atoms with Crippen LogP contribution in [-0.2, 0) is 4.74 Å². The highest BCUT2D eigenvalue weighted by Crippen LogP contribution is 2.29. The smallest absolute Gasteiger partial charge is 0.216 e. The Hall–Kier alpha value is -4.35. The first-order valence-corrected chi connectivity index (χ1v) is 15.1. The molecular formula is C36H59N7O3. The van der Waals surface area contributed by atoms with Crippen LogP contribution in [0.1, 0.15) is 40.2 Å². The van der Waals surface area contributed by atoms with Crippen LogP contribution in [0.2, 0.25) is 0 Å². The third-order valence-electron chi connectivity index (χ3n) is 6.46. The summed E-state index contributed by atoms with van der Waals surface area (Å²) >= 11 is 0. The Labute approximate surface area is 278 Å². The maximum Gasteiger partial charge on any atom is 0.216 e. The summed E-state index contributed by atoms with van der Waals surface area (Å²) in [4.78, 5) is 18.2. The molecule has 1 saturated heterocycles. The molecule has 46 heavy (non-hydrogen) atoms. The summed E-state index contributed by atoms with van der Waals surface area (Å²) in [6.07, 6.45) is 15.9. The number of aliphatic imine (C=N–C) groups is 3. The van der Waals surface area contributed by atoms with Crippen molar-refractivity contribution in [2.75, 3.05) is 59.3 Å². The van der Waals surface area contributed by atoms with Crippen LogP contribution in [0, 0.1) is 0 Å². The van der Waals surface area contributed by atoms with Crippen LogP contribution < -0.4 is 11.1 Å². The van der Waals surface area contributed by atoms with Gasteiger partial charge in [-0.2, -0.15) is 0 Å². The predicted octanol–water partition coefficient (Wildman–Crippen LogP) is 5.09. The highest BCUT2D eigenvalue weighted by molar-refractivity contribution is 6.06. The fraction of sp³-hybridized carbons (Fsp3) is 0.361. The molecule has 256 valence electrons. The Kier molecular flexibility index (Phi) is 23.7. The van der Waals surface area contributed by atoms with Gasteiger partial charge in [-0.1, -0.05) is 83.0 Å². The molecule has 1 unspecified atom stereocenters. The molecule has 0 aliphatic carbocycles. The number of amidine groups is 1. The number of morpholine rings is 1. The van der Waals surface area contributed by atoms with Crippen molar-refractivity contribution in [3.8, 4) is 0 Å². The van der Waals surface area contributed by atoms with Crippen LogP contribution in [-0.4, -0.2) is 98.8 Å². The topological polar surface area (TPSA) is 154 Å². The van der Waals surface area contributed by atoms with Gasteiger partial charge in [0.15, 0.2) is 0 Å². The Balaban J connectivity index is -0.00000177. The Morgan fingerprint density at radius 3 is 2.33 bits per heavy atom. The third-order valence-corrected chi connectivity index (χ3v) is 6.46. The molecule has 0 radical (unpaired) electrons. The van der Waals surface area contributed by atoms with E-state index in [1.165, 1.54) is 0 Å². The molecule has 10 heteroatoms. The number of nitrogens with two attached hydrogens (primary N) is 1. The molecule has 10 nitrogen and oxygen atoms in total. The van der Waals surface area contributed by atoms with Crippen molar-refractivity contribution in [3.05, 3.63) is 109 Å². The summed E-state index contributed by atoms with van der Waals surface area (Å²) < 4.78 is 5.57. The lowest BCUT2D eigenvalue weighted by Crippen LogP contribution is -2.43. The van der Waals surface area contributed by atoms with Gasteiger partial charge in [-0.05, 0) is 68.6 Å². The molecule has 0 spiro atoms. The normalized spacial score (nSPS) is 16.8. The average Bonchev–Trinajstić information content (AvgIpc) is 3.04. The fourth-order valence-corrected chi connectivity index (χ4v) is 3.98. The first-order chi connectivity index (χ1) is 21.3. The lowest BCUT2D eigenvalue weighted by Gasteiger charge is -2.34. The van der Waals surface area contributed by atoms with E-state index in [-0.39, 0.29) is 12.4 Å². The van der Waals surface area contributed by atoms with Crippen LogP contribution in [0.4, 0.5) is 5.69 Å². The number of hydrogen-bond acceptors (Lipinski definition) is 8. The van der Waals surface area contributed by atoms with E-state index in [2.05, 4.69) is 79.1 Å². The molecule has 2 aliphatic rings. The van der Waals surface area contributed by atoms with E-state index in [0.29, 0.717) is 18.9 Å². The second-order valence-corrected chi connectivity index (χ2v) is 9.78. The van der Waals surface area contributed by atoms with E-state index in [1.807, 2.05) is 57.2 Å². The van der Waals surface area contributed by atoms with Gasteiger partial charge in [0.2, 0.25) is 6.29 Å². The van der Waals surface area contributed by atoms with Crippen LogP contribution >= 0.6 is 0 Å². The van der Waals surface area contributed by atoms with E-state index in [1.54, 1.807) is 25.4 Å². The first-order valence-electron chi connectivity index (χ1n) is 15.1. The number of hydrogen-bond donors (Lipinski definition) is 2. The van der Waals surface area contributed by atoms with Crippen LogP contribution in [0.15, 0.2) is 113 Å². The van der Waals surface area contributed by atoms with Crippen molar-refractivity contribution in [2.45, 2.75) is 34.0 Å². The molecule has 1 aromatic carbocycles. The molecule has 0 saturated carbocycles. The molecule has 2 heterocycles. The van der Waals surface area contributed by atoms with Gasteiger partial charge < -0.3 is 36.5 Å². The number of ether oxygens (including phenoxy) is 1. The molecule has 1 atom stereocenters. The SMILES string of the molecule is C=C/C=C\C=C(/C=C)c1ccc2c(c1)NC(\N=C(C)/C=C(N)/C(C=C)=C/C=NC)N=C2N1CCOCC1.CC.CCN(C)C.O.O.[HH]. The van der Waals surface area contributed by atoms with Crippen molar-refractivity contribution >= 4 is 29.0 Å². The summed E-state index contributed by atoms with van der Waals surface area (Å²) in [5.41, 5.74) is 12.4. The average molecular weight is 638 g/mol. The van der Waals surface area contributed by atoms with Crippen molar-refractivity contribution in [1.82, 2.24) is 9.80 Å². The first kappa shape index (κ1) is 43.8. The maximum absolute atomic E-state index is 6.29. The standard InChI is InChI=1S/C30H36N6O.C4H11N.C2H6.2H2O.H2/c1-6-9-10-11-23(7-2)25-12-13-26-28(21-25)34-30(35-29(26)36-16-18-37-19-17-36)33-22(4)20-27(31)24(8-3)14-15-32-5;1-4-5(2)3;1-2;;;/h6-15,20-21,30,34H,1-3,16-19,31H2,4-5H3;4H2,1-3H3;1-2H3;2*1H2;1H/b10-9-,23-11+,24-14+,27-20-,32-15?,33-22-;;;;;. The Bertz CT molecular complexity index is 1310. The number of fused-ring (bicyclic) bond motifs is 1.